The Balaban J connectivity index is 2.04. The molecule has 2 amide bonds. The number of ether oxygens (including phenoxy) is 1. The summed E-state index contributed by atoms with van der Waals surface area (Å²) in [5.74, 6) is -0.866. The highest BCUT2D eigenvalue weighted by Gasteiger charge is 2.24. The van der Waals surface area contributed by atoms with E-state index >= 15 is 0 Å². The third-order valence-electron chi connectivity index (χ3n) is 4.45. The fourth-order valence-corrected chi connectivity index (χ4v) is 3.05. The van der Waals surface area contributed by atoms with E-state index in [2.05, 4.69) is 38.7 Å². The maximum atomic E-state index is 13.1. The molecule has 2 aromatic carbocycles. The molecule has 0 saturated heterocycles. The zero-order valence-electron chi connectivity index (χ0n) is 17.8. The predicted molar refractivity (Wildman–Crippen MR) is 123 cm³/mol. The first-order valence-electron chi connectivity index (χ1n) is 10.1. The van der Waals surface area contributed by atoms with Crippen molar-refractivity contribution in [1.82, 2.24) is 10.7 Å². The molecule has 1 unspecified atom stereocenters. The zero-order valence-corrected chi connectivity index (χ0v) is 19.4. The summed E-state index contributed by atoms with van der Waals surface area (Å²) < 4.78 is 19.7. The number of unbranched alkanes of at least 4 members (excludes halogenated alkanes) is 1. The van der Waals surface area contributed by atoms with E-state index in [4.69, 9.17) is 4.74 Å². The number of hydrogen-bond acceptors (Lipinski definition) is 4. The Morgan fingerprint density at radius 3 is 2.55 bits per heavy atom. The lowest BCUT2D eigenvalue weighted by Crippen LogP contribution is -2.48. The van der Waals surface area contributed by atoms with Crippen LogP contribution in [0.4, 0.5) is 4.39 Å². The van der Waals surface area contributed by atoms with Gasteiger partial charge in [0.25, 0.3) is 11.8 Å². The van der Waals surface area contributed by atoms with Crippen LogP contribution in [0.1, 0.15) is 49.5 Å². The van der Waals surface area contributed by atoms with E-state index < -0.39 is 23.7 Å². The van der Waals surface area contributed by atoms with Crippen LogP contribution < -0.4 is 15.5 Å². The van der Waals surface area contributed by atoms with E-state index in [1.807, 2.05) is 32.0 Å². The summed E-state index contributed by atoms with van der Waals surface area (Å²) in [6.45, 7) is 6.30. The summed E-state index contributed by atoms with van der Waals surface area (Å²) >= 11 is 3.42. The van der Waals surface area contributed by atoms with Crippen molar-refractivity contribution in [2.75, 3.05) is 6.61 Å². The molecule has 2 aromatic rings. The Kier molecular flexibility index (Phi) is 9.65. The number of nitrogens with one attached hydrogen (secondary N) is 2. The van der Waals surface area contributed by atoms with E-state index in [-0.39, 0.29) is 11.5 Å². The van der Waals surface area contributed by atoms with Crippen LogP contribution in [0.3, 0.4) is 0 Å². The van der Waals surface area contributed by atoms with E-state index in [1.54, 1.807) is 0 Å². The van der Waals surface area contributed by atoms with Crippen LogP contribution in [0.25, 0.3) is 0 Å². The molecule has 166 valence electrons. The minimum absolute atomic E-state index is 0.182. The Morgan fingerprint density at radius 2 is 1.90 bits per heavy atom. The third kappa shape index (κ3) is 7.79. The van der Waals surface area contributed by atoms with Crippen LogP contribution in [-0.4, -0.2) is 30.7 Å². The van der Waals surface area contributed by atoms with E-state index in [0.29, 0.717) is 17.9 Å². The van der Waals surface area contributed by atoms with Gasteiger partial charge in [-0.25, -0.2) is 9.82 Å². The molecule has 0 aromatic heterocycles. The molecule has 0 fully saturated rings. The minimum Gasteiger partial charge on any atom is -0.493 e. The van der Waals surface area contributed by atoms with Gasteiger partial charge >= 0.3 is 0 Å². The number of hydrogen-bond donors (Lipinski definition) is 2. The van der Waals surface area contributed by atoms with Crippen LogP contribution in [0.2, 0.25) is 0 Å². The Bertz CT molecular complexity index is 917. The van der Waals surface area contributed by atoms with Gasteiger partial charge in [0.05, 0.1) is 12.8 Å². The lowest BCUT2D eigenvalue weighted by atomic mass is 10.0. The van der Waals surface area contributed by atoms with Gasteiger partial charge in [-0.05, 0) is 54.8 Å². The lowest BCUT2D eigenvalue weighted by Gasteiger charge is -2.20. The number of nitrogens with zero attached hydrogens (tertiary/aromatic N) is 1. The summed E-state index contributed by atoms with van der Waals surface area (Å²) in [4.78, 5) is 25.0. The second kappa shape index (κ2) is 12.2. The van der Waals surface area contributed by atoms with E-state index in [9.17, 15) is 14.0 Å². The van der Waals surface area contributed by atoms with Crippen LogP contribution in [0, 0.1) is 11.7 Å². The Hall–Kier alpha value is -2.74. The normalized spacial score (nSPS) is 12.1. The van der Waals surface area contributed by atoms with E-state index in [0.717, 1.165) is 17.3 Å². The van der Waals surface area contributed by atoms with Gasteiger partial charge < -0.3 is 10.1 Å². The quantitative estimate of drug-likeness (QED) is 0.287. The highest BCUT2D eigenvalue weighted by molar-refractivity contribution is 9.10. The van der Waals surface area contributed by atoms with Gasteiger partial charge in [0.2, 0.25) is 0 Å². The molecule has 0 saturated carbocycles. The second-order valence-corrected chi connectivity index (χ2v) is 8.24. The minimum atomic E-state index is -0.808. The van der Waals surface area contributed by atoms with Crippen LogP contribution >= 0.6 is 15.9 Å². The van der Waals surface area contributed by atoms with Crippen molar-refractivity contribution in [3.63, 3.8) is 0 Å². The van der Waals surface area contributed by atoms with Gasteiger partial charge in [0.15, 0.2) is 0 Å². The van der Waals surface area contributed by atoms with Crippen molar-refractivity contribution in [1.29, 1.82) is 0 Å². The highest BCUT2D eigenvalue weighted by Crippen LogP contribution is 2.22. The summed E-state index contributed by atoms with van der Waals surface area (Å²) in [6.07, 6.45) is 3.46. The Labute approximate surface area is 190 Å². The van der Waals surface area contributed by atoms with Crippen LogP contribution in [-0.2, 0) is 4.79 Å². The molecular weight excluding hydrogens is 465 g/mol. The number of carbonyl (C=O) groups is 2. The molecule has 0 bridgehead atoms. The number of hydrazone groups is 1. The molecule has 2 rings (SSSR count). The van der Waals surface area contributed by atoms with Gasteiger partial charge in [0, 0.05) is 15.6 Å². The molecule has 0 aliphatic heterocycles. The number of rotatable bonds is 10. The summed E-state index contributed by atoms with van der Waals surface area (Å²) in [6, 6.07) is 9.87. The molecule has 0 aliphatic carbocycles. The summed E-state index contributed by atoms with van der Waals surface area (Å²) in [7, 11) is 0. The first-order chi connectivity index (χ1) is 14.8. The van der Waals surface area contributed by atoms with Gasteiger partial charge in [-0.15, -0.1) is 0 Å². The molecule has 2 N–H and O–H groups in total. The number of halogens is 2. The van der Waals surface area contributed by atoms with Crippen molar-refractivity contribution >= 4 is 34.0 Å². The van der Waals surface area contributed by atoms with Crippen molar-refractivity contribution in [3.8, 4) is 5.75 Å². The number of benzene rings is 2. The SMILES string of the molecule is CCCCOc1ccc(Br)cc1/C=N/NC(=O)C(NC(=O)c1ccc(F)cc1)C(C)C. The van der Waals surface area contributed by atoms with Crippen LogP contribution in [0.15, 0.2) is 52.0 Å². The zero-order chi connectivity index (χ0) is 22.8. The Morgan fingerprint density at radius 1 is 1.19 bits per heavy atom. The van der Waals surface area contributed by atoms with Crippen molar-refractivity contribution in [3.05, 3.63) is 63.9 Å². The summed E-state index contributed by atoms with van der Waals surface area (Å²) in [5.41, 5.74) is 3.46. The number of amides is 2. The fourth-order valence-electron chi connectivity index (χ4n) is 2.67. The largest absolute Gasteiger partial charge is 0.493 e. The molecule has 0 heterocycles. The molecule has 0 aliphatic rings. The fraction of sp³-hybridized carbons (Fsp3) is 0.348. The average molecular weight is 492 g/mol. The molecule has 6 nitrogen and oxygen atoms in total. The topological polar surface area (TPSA) is 79.8 Å². The maximum Gasteiger partial charge on any atom is 0.262 e. The maximum absolute atomic E-state index is 13.1. The van der Waals surface area contributed by atoms with Gasteiger partial charge in [0.1, 0.15) is 17.6 Å². The summed E-state index contributed by atoms with van der Waals surface area (Å²) in [5, 5.41) is 6.72. The monoisotopic (exact) mass is 491 g/mol. The van der Waals surface area contributed by atoms with Crippen molar-refractivity contribution in [2.45, 2.75) is 39.7 Å². The smallest absolute Gasteiger partial charge is 0.262 e. The van der Waals surface area contributed by atoms with Crippen molar-refractivity contribution < 1.29 is 18.7 Å². The third-order valence-corrected chi connectivity index (χ3v) is 4.94. The molecule has 0 spiro atoms. The predicted octanol–water partition coefficient (Wildman–Crippen LogP) is 4.67. The molecular formula is C23H27BrFN3O3. The van der Waals surface area contributed by atoms with Gasteiger partial charge in [-0.3, -0.25) is 9.59 Å². The molecule has 8 heteroatoms. The van der Waals surface area contributed by atoms with Gasteiger partial charge in [-0.1, -0.05) is 43.1 Å². The van der Waals surface area contributed by atoms with Gasteiger partial charge in [-0.2, -0.15) is 5.10 Å². The molecule has 0 radical (unpaired) electrons. The molecule has 1 atom stereocenters. The van der Waals surface area contributed by atoms with Crippen molar-refractivity contribution in [2.24, 2.45) is 11.0 Å². The molecule has 31 heavy (non-hydrogen) atoms. The first kappa shape index (κ1) is 24.5. The second-order valence-electron chi connectivity index (χ2n) is 7.32. The number of carbonyl (C=O) groups excluding carboxylic acids is 2. The first-order valence-corrected chi connectivity index (χ1v) is 10.9. The standard InChI is InChI=1S/C23H27BrFN3O3/c1-4-5-12-31-20-11-8-18(24)13-17(20)14-26-28-23(30)21(15(2)3)27-22(29)16-6-9-19(25)10-7-16/h6-11,13-15,21H,4-5,12H2,1-3H3,(H,27,29)(H,28,30)/b26-14+. The average Bonchev–Trinajstić information content (AvgIpc) is 2.73. The lowest BCUT2D eigenvalue weighted by molar-refractivity contribution is -0.123. The highest BCUT2D eigenvalue weighted by atomic mass is 79.9. The van der Waals surface area contributed by atoms with E-state index in [1.165, 1.54) is 30.5 Å². The van der Waals surface area contributed by atoms with Crippen LogP contribution in [0.5, 0.6) is 5.75 Å².